The van der Waals surface area contributed by atoms with Gasteiger partial charge in [0.25, 0.3) is 0 Å². The average molecular weight is 492 g/mol. The minimum Gasteiger partial charge on any atom is -0.481 e. The molecule has 188 valence electrons. The Kier molecular flexibility index (Phi) is 5.26. The molecule has 8 nitrogen and oxygen atoms in total. The van der Waals surface area contributed by atoms with Crippen LogP contribution in [0, 0.1) is 0 Å². The number of likely N-dealkylation sites (N-methyl/N-ethyl adjacent to an activating group) is 1. The largest absolute Gasteiger partial charge is 0.481 e. The van der Waals surface area contributed by atoms with E-state index in [1.54, 1.807) is 30.3 Å². The quantitative estimate of drug-likeness (QED) is 0.614. The number of carbonyl (C=O) groups is 2. The minimum atomic E-state index is -1.23. The summed E-state index contributed by atoms with van der Waals surface area (Å²) in [5.74, 6) is -0.454. The van der Waals surface area contributed by atoms with Crippen LogP contribution in [0.5, 0.6) is 5.75 Å². The number of esters is 2. The van der Waals surface area contributed by atoms with Gasteiger partial charge in [0.05, 0.1) is 17.6 Å². The fourth-order valence-corrected chi connectivity index (χ4v) is 6.85. The molecule has 2 N–H and O–H groups in total. The third-order valence-corrected chi connectivity index (χ3v) is 8.44. The zero-order chi connectivity index (χ0) is 25.2. The van der Waals surface area contributed by atoms with Gasteiger partial charge in [0.15, 0.2) is 6.10 Å². The topological polar surface area (TPSA) is 106 Å². The smallest absolute Gasteiger partial charge is 0.357 e. The van der Waals surface area contributed by atoms with Crippen molar-refractivity contribution in [1.29, 1.82) is 0 Å². The van der Waals surface area contributed by atoms with E-state index in [0.717, 1.165) is 17.7 Å². The summed E-state index contributed by atoms with van der Waals surface area (Å²) >= 11 is 0. The van der Waals surface area contributed by atoms with Gasteiger partial charge in [0, 0.05) is 36.1 Å². The second-order valence-corrected chi connectivity index (χ2v) is 10.2. The number of nitrogens with zero attached hydrogens (tertiary/aromatic N) is 1. The summed E-state index contributed by atoms with van der Waals surface area (Å²) in [5.41, 5.74) is 1.22. The van der Waals surface area contributed by atoms with Gasteiger partial charge in [-0.2, -0.15) is 0 Å². The molecule has 36 heavy (non-hydrogen) atoms. The molecule has 2 unspecified atom stereocenters. The highest BCUT2D eigenvalue weighted by Crippen LogP contribution is 2.64. The van der Waals surface area contributed by atoms with Crippen LogP contribution >= 0.6 is 0 Å². The van der Waals surface area contributed by atoms with E-state index in [4.69, 9.17) is 14.2 Å². The SMILES string of the molecule is CC(=O)O[C@H](C(=O)OC1=CC[C@@]2(O)[C@H]3Cc4ccc(CO)c5c4C2(CCN3C)C1O5)c1ccccc1. The summed E-state index contributed by atoms with van der Waals surface area (Å²) in [7, 11) is 2.02. The zero-order valence-electron chi connectivity index (χ0n) is 20.3. The maximum absolute atomic E-state index is 13.4. The van der Waals surface area contributed by atoms with Crippen molar-refractivity contribution in [3.05, 3.63) is 76.6 Å². The lowest BCUT2D eigenvalue weighted by Crippen LogP contribution is -2.74. The number of piperidine rings is 1. The normalized spacial score (nSPS) is 30.5. The highest BCUT2D eigenvalue weighted by atomic mass is 16.6. The predicted octanol–water partition coefficient (Wildman–Crippen LogP) is 2.30. The molecule has 2 aromatic rings. The molecule has 2 heterocycles. The van der Waals surface area contributed by atoms with Crippen LogP contribution in [0.4, 0.5) is 0 Å². The molecule has 2 bridgehead atoms. The second-order valence-electron chi connectivity index (χ2n) is 10.2. The van der Waals surface area contributed by atoms with Crippen molar-refractivity contribution in [2.75, 3.05) is 13.6 Å². The molecule has 0 aromatic heterocycles. The summed E-state index contributed by atoms with van der Waals surface area (Å²) in [5, 5.41) is 22.3. The van der Waals surface area contributed by atoms with Gasteiger partial charge >= 0.3 is 11.9 Å². The monoisotopic (exact) mass is 491 g/mol. The number of carbonyl (C=O) groups excluding carboxylic acids is 2. The number of hydrogen-bond acceptors (Lipinski definition) is 8. The van der Waals surface area contributed by atoms with Crippen LogP contribution in [-0.2, 0) is 37.5 Å². The highest BCUT2D eigenvalue weighted by molar-refractivity contribution is 5.81. The maximum atomic E-state index is 13.4. The van der Waals surface area contributed by atoms with E-state index in [2.05, 4.69) is 4.90 Å². The van der Waals surface area contributed by atoms with Gasteiger partial charge in [0.2, 0.25) is 6.10 Å². The molecule has 1 spiro atoms. The van der Waals surface area contributed by atoms with Crippen LogP contribution < -0.4 is 4.74 Å². The number of ether oxygens (including phenoxy) is 3. The predicted molar refractivity (Wildman–Crippen MR) is 128 cm³/mol. The van der Waals surface area contributed by atoms with Gasteiger partial charge in [-0.25, -0.2) is 4.79 Å². The van der Waals surface area contributed by atoms with Crippen LogP contribution in [-0.4, -0.2) is 58.4 Å². The number of hydrogen-bond donors (Lipinski definition) is 2. The molecule has 0 amide bonds. The van der Waals surface area contributed by atoms with Gasteiger partial charge in [-0.05, 0) is 38.1 Å². The van der Waals surface area contributed by atoms with Gasteiger partial charge in [-0.3, -0.25) is 4.79 Å². The maximum Gasteiger partial charge on any atom is 0.357 e. The van der Waals surface area contributed by atoms with Crippen LogP contribution in [0.3, 0.4) is 0 Å². The fraction of sp³-hybridized carbons (Fsp3) is 0.429. The molecule has 0 radical (unpaired) electrons. The first kappa shape index (κ1) is 23.2. The van der Waals surface area contributed by atoms with E-state index in [1.165, 1.54) is 6.92 Å². The molecule has 4 aliphatic rings. The van der Waals surface area contributed by atoms with Crippen molar-refractivity contribution in [2.45, 2.75) is 62.1 Å². The van der Waals surface area contributed by atoms with E-state index in [0.29, 0.717) is 35.5 Å². The first-order valence-electron chi connectivity index (χ1n) is 12.3. The first-order valence-corrected chi connectivity index (χ1v) is 12.3. The lowest BCUT2D eigenvalue weighted by molar-refractivity contribution is -0.176. The van der Waals surface area contributed by atoms with Gasteiger partial charge < -0.3 is 29.3 Å². The minimum absolute atomic E-state index is 0.123. The molecule has 1 fully saturated rings. The molecule has 5 atom stereocenters. The molecule has 8 heteroatoms. The highest BCUT2D eigenvalue weighted by Gasteiger charge is 2.71. The van der Waals surface area contributed by atoms with Crippen molar-refractivity contribution in [1.82, 2.24) is 4.90 Å². The van der Waals surface area contributed by atoms with Crippen LogP contribution in [0.2, 0.25) is 0 Å². The summed E-state index contributed by atoms with van der Waals surface area (Å²) in [6, 6.07) is 12.5. The molecule has 2 aliphatic heterocycles. The molecule has 6 rings (SSSR count). The summed E-state index contributed by atoms with van der Waals surface area (Å²) in [4.78, 5) is 27.4. The van der Waals surface area contributed by atoms with Crippen LogP contribution in [0.15, 0.2) is 54.3 Å². The number of aliphatic hydroxyl groups excluding tert-OH is 1. The molecule has 0 saturated carbocycles. The summed E-state index contributed by atoms with van der Waals surface area (Å²) in [6.45, 7) is 1.79. The van der Waals surface area contributed by atoms with Crippen molar-refractivity contribution in [3.8, 4) is 5.75 Å². The second kappa shape index (κ2) is 8.16. The number of benzene rings is 2. The Bertz CT molecular complexity index is 1270. The van der Waals surface area contributed by atoms with Crippen molar-refractivity contribution < 1.29 is 34.0 Å². The Morgan fingerprint density at radius 2 is 2.00 bits per heavy atom. The summed E-state index contributed by atoms with van der Waals surface area (Å²) in [6.07, 6.45) is 1.33. The van der Waals surface area contributed by atoms with E-state index >= 15 is 0 Å². The Morgan fingerprint density at radius 1 is 1.22 bits per heavy atom. The number of aliphatic hydroxyl groups is 2. The van der Waals surface area contributed by atoms with Crippen molar-refractivity contribution >= 4 is 11.9 Å². The lowest BCUT2D eigenvalue weighted by Gasteiger charge is -2.61. The Labute approximate surface area is 209 Å². The molecule has 2 aliphatic carbocycles. The van der Waals surface area contributed by atoms with Gasteiger partial charge in [-0.1, -0.05) is 42.5 Å². The fourth-order valence-electron chi connectivity index (χ4n) is 6.85. The molecule has 1 saturated heterocycles. The number of likely N-dealkylation sites (tertiary alicyclic amines) is 1. The Balaban J connectivity index is 1.42. The third kappa shape index (κ3) is 3.04. The van der Waals surface area contributed by atoms with Crippen molar-refractivity contribution in [3.63, 3.8) is 0 Å². The molecular weight excluding hydrogens is 462 g/mol. The first-order chi connectivity index (χ1) is 17.3. The van der Waals surface area contributed by atoms with E-state index in [-0.39, 0.29) is 19.1 Å². The van der Waals surface area contributed by atoms with E-state index in [1.807, 2.05) is 25.2 Å². The van der Waals surface area contributed by atoms with Gasteiger partial charge in [-0.15, -0.1) is 0 Å². The molecular formula is C28H29NO7. The summed E-state index contributed by atoms with van der Waals surface area (Å²) < 4.78 is 17.8. The lowest BCUT2D eigenvalue weighted by atomic mass is 9.50. The van der Waals surface area contributed by atoms with E-state index < -0.39 is 35.2 Å². The van der Waals surface area contributed by atoms with E-state index in [9.17, 15) is 19.8 Å². The molecule has 2 aromatic carbocycles. The third-order valence-electron chi connectivity index (χ3n) is 8.44. The number of rotatable bonds is 5. The zero-order valence-corrected chi connectivity index (χ0v) is 20.3. The average Bonchev–Trinajstić information content (AvgIpc) is 3.22. The van der Waals surface area contributed by atoms with Gasteiger partial charge in [0.1, 0.15) is 11.5 Å². The van der Waals surface area contributed by atoms with Crippen molar-refractivity contribution in [2.24, 2.45) is 0 Å². The Hall–Kier alpha value is -3.20. The van der Waals surface area contributed by atoms with Crippen LogP contribution in [0.1, 0.15) is 48.1 Å². The standard InChI is InChI=1S/C28H29NO7/c1-16(31)34-24(17-6-4-3-5-7-17)26(32)35-20-10-11-28(33)21-14-18-8-9-19(15-30)23-22(18)27(28,25(20)36-23)12-13-29(21)2/h3-10,21,24-25,30,33H,11-15H2,1-2H3/t21-,24+,25?,27?,28-/m1/s1. The van der Waals surface area contributed by atoms with Crippen LogP contribution in [0.25, 0.3) is 0 Å². The Morgan fingerprint density at radius 3 is 2.72 bits per heavy atom.